The van der Waals surface area contributed by atoms with Crippen LogP contribution in [0.3, 0.4) is 0 Å². The summed E-state index contributed by atoms with van der Waals surface area (Å²) in [6.07, 6.45) is 3.13. The van der Waals surface area contributed by atoms with E-state index in [0.717, 1.165) is 29.8 Å². The van der Waals surface area contributed by atoms with Crippen LogP contribution in [0.25, 0.3) is 0 Å². The first-order valence-corrected chi connectivity index (χ1v) is 7.95. The maximum absolute atomic E-state index is 12.3. The Labute approximate surface area is 124 Å². The topological polar surface area (TPSA) is 29.1 Å². The third-order valence-electron chi connectivity index (χ3n) is 3.36. The molecule has 0 aliphatic rings. The maximum Gasteiger partial charge on any atom is 0.265 e. The van der Waals surface area contributed by atoms with Crippen molar-refractivity contribution in [3.05, 3.63) is 51.2 Å². The lowest BCUT2D eigenvalue weighted by Crippen LogP contribution is -2.10. The van der Waals surface area contributed by atoms with Gasteiger partial charge in [0.25, 0.3) is 5.91 Å². The summed E-state index contributed by atoms with van der Waals surface area (Å²) in [5.41, 5.74) is 3.40. The van der Waals surface area contributed by atoms with Gasteiger partial charge in [-0.15, -0.1) is 11.3 Å². The summed E-state index contributed by atoms with van der Waals surface area (Å²) in [6, 6.07) is 10.1. The molecule has 20 heavy (non-hydrogen) atoms. The lowest BCUT2D eigenvalue weighted by molar-refractivity contribution is 0.103. The van der Waals surface area contributed by atoms with Crippen LogP contribution < -0.4 is 5.32 Å². The number of aryl methyl sites for hydroxylation is 3. The summed E-state index contributed by atoms with van der Waals surface area (Å²) >= 11 is 1.58. The Hall–Kier alpha value is -1.61. The quantitative estimate of drug-likeness (QED) is 0.839. The second-order valence-corrected chi connectivity index (χ2v) is 6.21. The molecule has 3 heteroatoms. The molecule has 1 aromatic carbocycles. The number of hydrogen-bond donors (Lipinski definition) is 1. The second-order valence-electron chi connectivity index (χ2n) is 4.95. The van der Waals surface area contributed by atoms with E-state index in [-0.39, 0.29) is 5.91 Å². The first-order valence-electron chi connectivity index (χ1n) is 7.13. The zero-order valence-electron chi connectivity index (χ0n) is 12.3. The van der Waals surface area contributed by atoms with Crippen LogP contribution in [-0.4, -0.2) is 5.91 Å². The number of carbonyl (C=O) groups excluding carboxylic acids is 1. The number of benzene rings is 1. The molecule has 0 saturated carbocycles. The van der Waals surface area contributed by atoms with Crippen LogP contribution >= 0.6 is 11.3 Å². The van der Waals surface area contributed by atoms with Gasteiger partial charge in [0.05, 0.1) is 4.88 Å². The summed E-state index contributed by atoms with van der Waals surface area (Å²) in [7, 11) is 0. The number of carbonyl (C=O) groups is 1. The van der Waals surface area contributed by atoms with E-state index in [4.69, 9.17) is 0 Å². The maximum atomic E-state index is 12.3. The Morgan fingerprint density at radius 3 is 2.75 bits per heavy atom. The number of nitrogens with one attached hydrogen (secondary N) is 1. The van der Waals surface area contributed by atoms with Crippen molar-refractivity contribution in [3.8, 4) is 0 Å². The van der Waals surface area contributed by atoms with Crippen molar-refractivity contribution in [1.29, 1.82) is 0 Å². The molecule has 0 spiro atoms. The Kier molecular flexibility index (Phi) is 4.96. The molecule has 0 bridgehead atoms. The van der Waals surface area contributed by atoms with Crippen LogP contribution in [-0.2, 0) is 12.8 Å². The molecule has 2 rings (SSSR count). The van der Waals surface area contributed by atoms with Gasteiger partial charge in [-0.05, 0) is 49.1 Å². The highest BCUT2D eigenvalue weighted by atomic mass is 32.1. The van der Waals surface area contributed by atoms with Gasteiger partial charge in [-0.2, -0.15) is 0 Å². The van der Waals surface area contributed by atoms with Crippen molar-refractivity contribution < 1.29 is 4.79 Å². The van der Waals surface area contributed by atoms with Crippen LogP contribution in [0.2, 0.25) is 0 Å². The van der Waals surface area contributed by atoms with Crippen molar-refractivity contribution in [2.75, 3.05) is 5.32 Å². The van der Waals surface area contributed by atoms with Crippen LogP contribution in [0.4, 0.5) is 5.69 Å². The highest BCUT2D eigenvalue weighted by Crippen LogP contribution is 2.24. The van der Waals surface area contributed by atoms with Crippen LogP contribution in [0.15, 0.2) is 30.3 Å². The third kappa shape index (κ3) is 3.48. The van der Waals surface area contributed by atoms with E-state index in [1.165, 1.54) is 16.0 Å². The Morgan fingerprint density at radius 2 is 2.05 bits per heavy atom. The molecular weight excluding hydrogens is 266 g/mol. The number of hydrogen-bond acceptors (Lipinski definition) is 2. The van der Waals surface area contributed by atoms with Gasteiger partial charge in [0, 0.05) is 10.6 Å². The highest BCUT2D eigenvalue weighted by molar-refractivity contribution is 7.14. The predicted molar refractivity (Wildman–Crippen MR) is 86.8 cm³/mol. The van der Waals surface area contributed by atoms with Crippen LogP contribution in [0.5, 0.6) is 0 Å². The van der Waals surface area contributed by atoms with Crippen molar-refractivity contribution >= 4 is 22.9 Å². The van der Waals surface area contributed by atoms with E-state index in [2.05, 4.69) is 32.2 Å². The van der Waals surface area contributed by atoms with Crippen molar-refractivity contribution in [2.24, 2.45) is 0 Å². The molecule has 0 radical (unpaired) electrons. The largest absolute Gasteiger partial charge is 0.321 e. The first-order chi connectivity index (χ1) is 9.63. The molecule has 1 aromatic heterocycles. The Morgan fingerprint density at radius 1 is 1.25 bits per heavy atom. The number of amides is 1. The van der Waals surface area contributed by atoms with E-state index in [1.54, 1.807) is 11.3 Å². The average Bonchev–Trinajstić information content (AvgIpc) is 2.81. The summed E-state index contributed by atoms with van der Waals surface area (Å²) < 4.78 is 0. The minimum absolute atomic E-state index is 0.00583. The smallest absolute Gasteiger partial charge is 0.265 e. The molecule has 0 saturated heterocycles. The fourth-order valence-electron chi connectivity index (χ4n) is 2.21. The van der Waals surface area contributed by atoms with Gasteiger partial charge in [-0.3, -0.25) is 4.79 Å². The van der Waals surface area contributed by atoms with E-state index < -0.39 is 0 Å². The van der Waals surface area contributed by atoms with E-state index >= 15 is 0 Å². The molecular formula is C17H21NOS. The molecule has 1 N–H and O–H groups in total. The van der Waals surface area contributed by atoms with Crippen LogP contribution in [0, 0.1) is 6.92 Å². The van der Waals surface area contributed by atoms with Gasteiger partial charge in [0.15, 0.2) is 0 Å². The Bertz CT molecular complexity index is 601. The summed E-state index contributed by atoms with van der Waals surface area (Å²) in [4.78, 5) is 14.3. The minimum Gasteiger partial charge on any atom is -0.321 e. The van der Waals surface area contributed by atoms with Crippen molar-refractivity contribution in [2.45, 2.75) is 40.0 Å². The second kappa shape index (κ2) is 6.71. The third-order valence-corrected chi connectivity index (χ3v) is 4.45. The first kappa shape index (κ1) is 14.8. The van der Waals surface area contributed by atoms with Crippen LogP contribution in [0.1, 0.15) is 45.9 Å². The summed E-state index contributed by atoms with van der Waals surface area (Å²) in [5.74, 6) is -0.00583. The van der Waals surface area contributed by atoms with Gasteiger partial charge in [-0.25, -0.2) is 0 Å². The fourth-order valence-corrected chi connectivity index (χ4v) is 3.18. The number of anilines is 1. The molecule has 0 unspecified atom stereocenters. The standard InChI is InChI=1S/C17H21NOS/c1-4-7-14-11-16(20-12(14)3)17(19)18-15-9-6-8-13(5-2)10-15/h6,8-11H,4-5,7H2,1-3H3,(H,18,19). The molecule has 2 aromatic rings. The average molecular weight is 287 g/mol. The predicted octanol–water partition coefficient (Wildman–Crippen LogP) is 4.82. The monoisotopic (exact) mass is 287 g/mol. The molecule has 0 aliphatic carbocycles. The van der Waals surface area contributed by atoms with Crippen molar-refractivity contribution in [3.63, 3.8) is 0 Å². The molecule has 106 valence electrons. The molecule has 1 amide bonds. The molecule has 1 heterocycles. The minimum atomic E-state index is -0.00583. The van der Waals surface area contributed by atoms with Gasteiger partial charge in [0.2, 0.25) is 0 Å². The fraction of sp³-hybridized carbons (Fsp3) is 0.353. The van der Waals surface area contributed by atoms with Crippen molar-refractivity contribution in [1.82, 2.24) is 0 Å². The number of rotatable bonds is 5. The van der Waals surface area contributed by atoms with Gasteiger partial charge in [0.1, 0.15) is 0 Å². The summed E-state index contributed by atoms with van der Waals surface area (Å²) in [5, 5.41) is 2.99. The normalized spacial score (nSPS) is 10.6. The Balaban J connectivity index is 2.13. The van der Waals surface area contributed by atoms with E-state index in [1.807, 2.05) is 24.3 Å². The van der Waals surface area contributed by atoms with E-state index in [9.17, 15) is 4.79 Å². The molecule has 0 atom stereocenters. The van der Waals surface area contributed by atoms with Gasteiger partial charge < -0.3 is 5.32 Å². The van der Waals surface area contributed by atoms with Gasteiger partial charge in [-0.1, -0.05) is 32.4 Å². The molecule has 2 nitrogen and oxygen atoms in total. The lowest BCUT2D eigenvalue weighted by atomic mass is 10.1. The lowest BCUT2D eigenvalue weighted by Gasteiger charge is -2.05. The summed E-state index contributed by atoms with van der Waals surface area (Å²) in [6.45, 7) is 6.36. The SMILES string of the molecule is CCCc1cc(C(=O)Nc2cccc(CC)c2)sc1C. The highest BCUT2D eigenvalue weighted by Gasteiger charge is 2.12. The number of thiophene rings is 1. The zero-order chi connectivity index (χ0) is 14.5. The van der Waals surface area contributed by atoms with Gasteiger partial charge >= 0.3 is 0 Å². The zero-order valence-corrected chi connectivity index (χ0v) is 13.1. The molecule has 0 aliphatic heterocycles. The molecule has 0 fully saturated rings. The van der Waals surface area contributed by atoms with E-state index in [0.29, 0.717) is 0 Å².